The Balaban J connectivity index is 3.92. The fourth-order valence-corrected chi connectivity index (χ4v) is 3.16. The molecular formula is C21H36O7. The number of carboxylic acids is 2. The molecule has 0 rings (SSSR count). The van der Waals surface area contributed by atoms with Gasteiger partial charge in [-0.15, -0.1) is 0 Å². The summed E-state index contributed by atoms with van der Waals surface area (Å²) in [4.78, 5) is 45.1. The Labute approximate surface area is 167 Å². The third-order valence-corrected chi connectivity index (χ3v) is 4.82. The van der Waals surface area contributed by atoms with E-state index < -0.39 is 23.8 Å². The first kappa shape index (κ1) is 26.1. The lowest BCUT2D eigenvalue weighted by molar-refractivity contribution is -0.150. The SMILES string of the molecule is COC(=O)C(CCCCCCCC(=O)O)C(=O)CCCCCCCCC(=O)O. The van der Waals surface area contributed by atoms with Gasteiger partial charge in [0.05, 0.1) is 7.11 Å². The summed E-state index contributed by atoms with van der Waals surface area (Å²) in [5.74, 6) is -2.77. The van der Waals surface area contributed by atoms with Gasteiger partial charge in [-0.2, -0.15) is 0 Å². The molecule has 0 aromatic carbocycles. The summed E-state index contributed by atoms with van der Waals surface area (Å²) >= 11 is 0. The van der Waals surface area contributed by atoms with Gasteiger partial charge in [-0.25, -0.2) is 0 Å². The van der Waals surface area contributed by atoms with Crippen LogP contribution in [0.2, 0.25) is 0 Å². The molecular weight excluding hydrogens is 364 g/mol. The fourth-order valence-electron chi connectivity index (χ4n) is 3.16. The fraction of sp³-hybridized carbons (Fsp3) is 0.810. The van der Waals surface area contributed by atoms with Gasteiger partial charge in [0.25, 0.3) is 0 Å². The van der Waals surface area contributed by atoms with Gasteiger partial charge in [-0.3, -0.25) is 19.2 Å². The molecule has 0 saturated heterocycles. The molecule has 0 bridgehead atoms. The average Bonchev–Trinajstić information content (AvgIpc) is 2.64. The topological polar surface area (TPSA) is 118 Å². The van der Waals surface area contributed by atoms with Crippen molar-refractivity contribution in [2.24, 2.45) is 5.92 Å². The van der Waals surface area contributed by atoms with Gasteiger partial charge in [0.2, 0.25) is 0 Å². The van der Waals surface area contributed by atoms with E-state index in [-0.39, 0.29) is 18.6 Å². The van der Waals surface area contributed by atoms with Crippen LogP contribution in [0.15, 0.2) is 0 Å². The number of unbranched alkanes of at least 4 members (excludes halogenated alkanes) is 9. The highest BCUT2D eigenvalue weighted by Crippen LogP contribution is 2.18. The van der Waals surface area contributed by atoms with Crippen LogP contribution in [0, 0.1) is 5.92 Å². The number of ketones is 1. The Morgan fingerprint density at radius 2 is 1.04 bits per heavy atom. The Bertz CT molecular complexity index is 473. The molecule has 0 spiro atoms. The molecule has 7 heteroatoms. The number of esters is 1. The van der Waals surface area contributed by atoms with Crippen LogP contribution in [0.3, 0.4) is 0 Å². The maximum absolute atomic E-state index is 12.4. The molecule has 0 aromatic rings. The standard InChI is InChI=1S/C21H36O7/c1-28-21(27)17(13-9-5-4-8-12-16-20(25)26)18(22)14-10-6-2-3-7-11-15-19(23)24/h17H,2-16H2,1H3,(H,23,24)(H,25,26). The number of carboxylic acid groups (broad SMARTS) is 2. The van der Waals surface area contributed by atoms with Gasteiger partial charge in [0, 0.05) is 19.3 Å². The zero-order valence-electron chi connectivity index (χ0n) is 17.1. The molecule has 28 heavy (non-hydrogen) atoms. The molecule has 0 aliphatic heterocycles. The number of carbonyl (C=O) groups is 4. The van der Waals surface area contributed by atoms with Crippen molar-refractivity contribution in [3.63, 3.8) is 0 Å². The smallest absolute Gasteiger partial charge is 0.316 e. The molecule has 0 heterocycles. The number of hydrogen-bond acceptors (Lipinski definition) is 5. The molecule has 162 valence electrons. The molecule has 0 radical (unpaired) electrons. The number of rotatable bonds is 19. The predicted molar refractivity (Wildman–Crippen MR) is 105 cm³/mol. The molecule has 7 nitrogen and oxygen atoms in total. The first-order chi connectivity index (χ1) is 13.4. The van der Waals surface area contributed by atoms with Crippen molar-refractivity contribution in [2.75, 3.05) is 7.11 Å². The molecule has 1 atom stereocenters. The summed E-state index contributed by atoms with van der Waals surface area (Å²) in [6, 6.07) is 0. The van der Waals surface area contributed by atoms with E-state index in [0.29, 0.717) is 25.7 Å². The summed E-state index contributed by atoms with van der Waals surface area (Å²) < 4.78 is 4.77. The predicted octanol–water partition coefficient (Wildman–Crippen LogP) is 4.37. The van der Waals surface area contributed by atoms with Crippen LogP contribution in [-0.4, -0.2) is 41.0 Å². The molecule has 1 unspecified atom stereocenters. The monoisotopic (exact) mass is 400 g/mol. The van der Waals surface area contributed by atoms with E-state index in [0.717, 1.165) is 57.8 Å². The molecule has 0 amide bonds. The molecule has 2 N–H and O–H groups in total. The van der Waals surface area contributed by atoms with Crippen molar-refractivity contribution >= 4 is 23.7 Å². The summed E-state index contributed by atoms with van der Waals surface area (Å²) in [5, 5.41) is 17.2. The highest BCUT2D eigenvalue weighted by molar-refractivity contribution is 5.98. The van der Waals surface area contributed by atoms with Gasteiger partial charge in [-0.05, 0) is 25.7 Å². The number of aliphatic carboxylic acids is 2. The summed E-state index contributed by atoms with van der Waals surface area (Å²) in [7, 11) is 1.30. The summed E-state index contributed by atoms with van der Waals surface area (Å²) in [5.41, 5.74) is 0. The molecule has 0 aromatic heterocycles. The summed E-state index contributed by atoms with van der Waals surface area (Å²) in [6.07, 6.45) is 10.4. The van der Waals surface area contributed by atoms with Crippen molar-refractivity contribution in [3.05, 3.63) is 0 Å². The Morgan fingerprint density at radius 1 is 0.643 bits per heavy atom. The van der Waals surface area contributed by atoms with E-state index in [1.54, 1.807) is 0 Å². The van der Waals surface area contributed by atoms with E-state index in [9.17, 15) is 19.2 Å². The van der Waals surface area contributed by atoms with Crippen molar-refractivity contribution in [1.29, 1.82) is 0 Å². The van der Waals surface area contributed by atoms with Crippen LogP contribution in [-0.2, 0) is 23.9 Å². The van der Waals surface area contributed by atoms with E-state index in [1.165, 1.54) is 7.11 Å². The highest BCUT2D eigenvalue weighted by Gasteiger charge is 2.26. The van der Waals surface area contributed by atoms with Gasteiger partial charge >= 0.3 is 17.9 Å². The van der Waals surface area contributed by atoms with Gasteiger partial charge < -0.3 is 14.9 Å². The van der Waals surface area contributed by atoms with Crippen LogP contribution in [0.4, 0.5) is 0 Å². The Hall–Kier alpha value is -1.92. The van der Waals surface area contributed by atoms with Gasteiger partial charge in [0.1, 0.15) is 11.7 Å². The second-order valence-corrected chi connectivity index (χ2v) is 7.26. The number of ether oxygens (including phenoxy) is 1. The lowest BCUT2D eigenvalue weighted by atomic mass is 9.93. The zero-order valence-corrected chi connectivity index (χ0v) is 17.1. The maximum Gasteiger partial charge on any atom is 0.316 e. The number of carbonyl (C=O) groups excluding carboxylic acids is 2. The Morgan fingerprint density at radius 3 is 1.46 bits per heavy atom. The minimum Gasteiger partial charge on any atom is -0.481 e. The second kappa shape index (κ2) is 17.2. The Kier molecular flexibility index (Phi) is 16.0. The van der Waals surface area contributed by atoms with E-state index in [4.69, 9.17) is 14.9 Å². The largest absolute Gasteiger partial charge is 0.481 e. The van der Waals surface area contributed by atoms with Gasteiger partial charge in [-0.1, -0.05) is 51.4 Å². The van der Waals surface area contributed by atoms with Crippen LogP contribution in [0.25, 0.3) is 0 Å². The molecule has 0 saturated carbocycles. The van der Waals surface area contributed by atoms with Crippen molar-refractivity contribution in [2.45, 2.75) is 96.3 Å². The van der Waals surface area contributed by atoms with Crippen molar-refractivity contribution < 1.29 is 34.1 Å². The molecule has 0 aliphatic carbocycles. The lowest BCUT2D eigenvalue weighted by Crippen LogP contribution is -2.25. The third-order valence-electron chi connectivity index (χ3n) is 4.82. The highest BCUT2D eigenvalue weighted by atomic mass is 16.5. The minimum absolute atomic E-state index is 0.0661. The van der Waals surface area contributed by atoms with Crippen molar-refractivity contribution in [3.8, 4) is 0 Å². The van der Waals surface area contributed by atoms with Crippen LogP contribution in [0.5, 0.6) is 0 Å². The van der Waals surface area contributed by atoms with E-state index in [1.807, 2.05) is 0 Å². The quantitative estimate of drug-likeness (QED) is 0.188. The minimum atomic E-state index is -0.781. The third kappa shape index (κ3) is 15.2. The molecule has 0 aliphatic rings. The normalized spacial score (nSPS) is 11.8. The number of Topliss-reactive ketones (excluding diaryl/α,β-unsaturated/α-hetero) is 1. The van der Waals surface area contributed by atoms with Crippen molar-refractivity contribution in [1.82, 2.24) is 0 Å². The lowest BCUT2D eigenvalue weighted by Gasteiger charge is -2.13. The number of hydrogen-bond donors (Lipinski definition) is 2. The second-order valence-electron chi connectivity index (χ2n) is 7.26. The zero-order chi connectivity index (χ0) is 21.2. The van der Waals surface area contributed by atoms with Crippen LogP contribution >= 0.6 is 0 Å². The van der Waals surface area contributed by atoms with E-state index in [2.05, 4.69) is 0 Å². The first-order valence-corrected chi connectivity index (χ1v) is 10.4. The summed E-state index contributed by atoms with van der Waals surface area (Å²) in [6.45, 7) is 0. The van der Waals surface area contributed by atoms with Crippen LogP contribution < -0.4 is 0 Å². The van der Waals surface area contributed by atoms with Gasteiger partial charge in [0.15, 0.2) is 0 Å². The average molecular weight is 401 g/mol. The number of methoxy groups -OCH3 is 1. The molecule has 0 fully saturated rings. The van der Waals surface area contributed by atoms with E-state index >= 15 is 0 Å². The first-order valence-electron chi connectivity index (χ1n) is 10.4. The van der Waals surface area contributed by atoms with Crippen LogP contribution in [0.1, 0.15) is 96.3 Å². The maximum atomic E-state index is 12.4.